The number of hydrogen-bond donors (Lipinski definition) is 3. The Morgan fingerprint density at radius 2 is 2.42 bits per heavy atom. The maximum atomic E-state index is 12.4. The van der Waals surface area contributed by atoms with Crippen LogP contribution in [0, 0.1) is 0 Å². The van der Waals surface area contributed by atoms with Gasteiger partial charge in [-0.2, -0.15) is 4.98 Å². The number of hydrogen-bond acceptors (Lipinski definition) is 7. The molecule has 0 bridgehead atoms. The molecule has 10 heteroatoms. The van der Waals surface area contributed by atoms with Crippen LogP contribution in [0.2, 0.25) is 0 Å². The van der Waals surface area contributed by atoms with Crippen LogP contribution in [0.5, 0.6) is 0 Å². The average Bonchev–Trinajstić information content (AvgIpc) is 3.31. The molecule has 4 N–H and O–H groups in total. The van der Waals surface area contributed by atoms with Gasteiger partial charge in [-0.05, 0) is 18.6 Å². The van der Waals surface area contributed by atoms with Crippen LogP contribution < -0.4 is 11.1 Å². The molecule has 1 aliphatic heterocycles. The number of furan rings is 1. The number of nitrogens with zero attached hydrogens (tertiary/aromatic N) is 3. The van der Waals surface area contributed by atoms with Crippen LogP contribution in [0.15, 0.2) is 28.0 Å². The third-order valence-corrected chi connectivity index (χ3v) is 4.58. The lowest BCUT2D eigenvalue weighted by molar-refractivity contribution is -0.136. The normalized spacial score (nSPS) is 20.3. The van der Waals surface area contributed by atoms with Crippen LogP contribution in [-0.2, 0) is 9.59 Å². The monoisotopic (exact) mass is 350 g/mol. The summed E-state index contributed by atoms with van der Waals surface area (Å²) in [6, 6.07) is 2.82. The zero-order chi connectivity index (χ0) is 17.1. The number of rotatable bonds is 5. The first kappa shape index (κ1) is 16.5. The zero-order valence-corrected chi connectivity index (χ0v) is 13.9. The minimum Gasteiger partial charge on any atom is -0.461 e. The summed E-state index contributed by atoms with van der Waals surface area (Å²) in [6.45, 7) is 0.378. The van der Waals surface area contributed by atoms with Crippen LogP contribution in [0.1, 0.15) is 6.42 Å². The second-order valence-electron chi connectivity index (χ2n) is 5.40. The van der Waals surface area contributed by atoms with Gasteiger partial charge in [0.25, 0.3) is 0 Å². The van der Waals surface area contributed by atoms with Crippen molar-refractivity contribution in [1.82, 2.24) is 25.4 Å². The number of H-pyrrole nitrogens is 1. The molecule has 9 nitrogen and oxygen atoms in total. The molecule has 1 saturated heterocycles. The first-order chi connectivity index (χ1) is 11.6. The maximum Gasteiger partial charge on any atom is 0.242 e. The van der Waals surface area contributed by atoms with Crippen LogP contribution in [0.4, 0.5) is 0 Å². The molecule has 0 radical (unpaired) electrons. The van der Waals surface area contributed by atoms with Crippen molar-refractivity contribution in [2.24, 2.45) is 5.73 Å². The van der Waals surface area contributed by atoms with E-state index in [0.29, 0.717) is 29.7 Å². The van der Waals surface area contributed by atoms with Gasteiger partial charge in [0.05, 0.1) is 12.0 Å². The lowest BCUT2D eigenvalue weighted by atomic mass is 10.1. The molecule has 2 amide bonds. The fraction of sp³-hybridized carbons (Fsp3) is 0.429. The summed E-state index contributed by atoms with van der Waals surface area (Å²) in [4.78, 5) is 30.1. The van der Waals surface area contributed by atoms with E-state index < -0.39 is 6.04 Å². The summed E-state index contributed by atoms with van der Waals surface area (Å²) < 4.78 is 5.23. The quantitative estimate of drug-likeness (QED) is 0.638. The molecule has 2 aromatic heterocycles. The highest BCUT2D eigenvalue weighted by Gasteiger charge is 2.37. The van der Waals surface area contributed by atoms with Gasteiger partial charge in [-0.15, -0.1) is 5.10 Å². The minimum absolute atomic E-state index is 0.135. The van der Waals surface area contributed by atoms with E-state index in [1.165, 1.54) is 16.7 Å². The summed E-state index contributed by atoms with van der Waals surface area (Å²) in [7, 11) is 1.55. The molecule has 0 saturated carbocycles. The Labute approximate surface area is 142 Å². The number of likely N-dealkylation sites (tertiary alicyclic amines) is 1. The van der Waals surface area contributed by atoms with E-state index in [1.807, 2.05) is 0 Å². The van der Waals surface area contributed by atoms with Gasteiger partial charge in [-0.1, -0.05) is 11.8 Å². The summed E-state index contributed by atoms with van der Waals surface area (Å²) >= 11 is 1.20. The Balaban J connectivity index is 1.60. The zero-order valence-electron chi connectivity index (χ0n) is 13.1. The Kier molecular flexibility index (Phi) is 4.86. The number of nitrogens with two attached hydrogens (primary N) is 1. The van der Waals surface area contributed by atoms with Gasteiger partial charge >= 0.3 is 0 Å². The standard InChI is InChI=1S/C14H18N6O3S/c1-16-13(22)9-5-8(15)6-20(9)11(21)7-24-14-17-12(18-19-14)10-3-2-4-23-10/h2-4,8-9H,5-7,15H2,1H3,(H,16,22)(H,17,18,19)/t8-,9+/m1/s1. The van der Waals surface area contributed by atoms with E-state index in [-0.39, 0.29) is 23.6 Å². The van der Waals surface area contributed by atoms with Crippen molar-refractivity contribution in [3.63, 3.8) is 0 Å². The van der Waals surface area contributed by atoms with Crippen LogP contribution in [0.3, 0.4) is 0 Å². The van der Waals surface area contributed by atoms with Gasteiger partial charge in [0.15, 0.2) is 11.6 Å². The number of amides is 2. The van der Waals surface area contributed by atoms with E-state index in [4.69, 9.17) is 10.2 Å². The van der Waals surface area contributed by atoms with Gasteiger partial charge < -0.3 is 20.4 Å². The van der Waals surface area contributed by atoms with Crippen molar-refractivity contribution in [2.75, 3.05) is 19.3 Å². The van der Waals surface area contributed by atoms with Crippen LogP contribution in [0.25, 0.3) is 11.6 Å². The van der Waals surface area contributed by atoms with Crippen LogP contribution in [-0.4, -0.2) is 63.3 Å². The number of nitrogens with one attached hydrogen (secondary N) is 2. The Morgan fingerprint density at radius 3 is 3.12 bits per heavy atom. The molecular formula is C14H18N6O3S. The third kappa shape index (κ3) is 3.44. The van der Waals surface area contributed by atoms with Gasteiger partial charge in [0.2, 0.25) is 17.0 Å². The molecule has 128 valence electrons. The topological polar surface area (TPSA) is 130 Å². The number of aromatic amines is 1. The average molecular weight is 350 g/mol. The van der Waals surface area contributed by atoms with Crippen molar-refractivity contribution in [3.05, 3.63) is 18.4 Å². The van der Waals surface area contributed by atoms with Crippen molar-refractivity contribution >= 4 is 23.6 Å². The van der Waals surface area contributed by atoms with Gasteiger partial charge in [-0.25, -0.2) is 0 Å². The first-order valence-corrected chi connectivity index (χ1v) is 8.42. The number of carbonyl (C=O) groups excluding carboxylic acids is 2. The van der Waals surface area contributed by atoms with E-state index in [1.54, 1.807) is 25.4 Å². The van der Waals surface area contributed by atoms with E-state index in [0.717, 1.165) is 0 Å². The number of thioether (sulfide) groups is 1. The lowest BCUT2D eigenvalue weighted by Gasteiger charge is -2.22. The Bertz CT molecular complexity index is 716. The fourth-order valence-electron chi connectivity index (χ4n) is 2.60. The van der Waals surface area contributed by atoms with Gasteiger partial charge in [-0.3, -0.25) is 14.7 Å². The smallest absolute Gasteiger partial charge is 0.242 e. The minimum atomic E-state index is -0.510. The van der Waals surface area contributed by atoms with Crippen molar-refractivity contribution in [1.29, 1.82) is 0 Å². The predicted molar refractivity (Wildman–Crippen MR) is 87.0 cm³/mol. The van der Waals surface area contributed by atoms with E-state index >= 15 is 0 Å². The summed E-state index contributed by atoms with van der Waals surface area (Å²) in [6.07, 6.45) is 2.02. The SMILES string of the molecule is CNC(=O)[C@@H]1C[C@@H](N)CN1C(=O)CSc1n[nH]c(-c2ccco2)n1. The molecule has 0 spiro atoms. The fourth-order valence-corrected chi connectivity index (χ4v) is 3.29. The molecule has 24 heavy (non-hydrogen) atoms. The third-order valence-electron chi connectivity index (χ3n) is 3.75. The molecule has 1 aliphatic rings. The number of aromatic nitrogens is 3. The second kappa shape index (κ2) is 7.05. The molecule has 2 atom stereocenters. The van der Waals surface area contributed by atoms with Crippen molar-refractivity contribution in [3.8, 4) is 11.6 Å². The first-order valence-electron chi connectivity index (χ1n) is 7.44. The Morgan fingerprint density at radius 1 is 1.58 bits per heavy atom. The molecule has 2 aromatic rings. The van der Waals surface area contributed by atoms with Crippen LogP contribution >= 0.6 is 11.8 Å². The molecular weight excluding hydrogens is 332 g/mol. The van der Waals surface area contributed by atoms with E-state index in [2.05, 4.69) is 20.5 Å². The molecule has 1 fully saturated rings. The number of carbonyl (C=O) groups is 2. The molecule has 3 rings (SSSR count). The lowest BCUT2D eigenvalue weighted by Crippen LogP contribution is -2.45. The highest BCUT2D eigenvalue weighted by Crippen LogP contribution is 2.22. The van der Waals surface area contributed by atoms with Crippen molar-refractivity contribution in [2.45, 2.75) is 23.7 Å². The maximum absolute atomic E-state index is 12.4. The Hall–Kier alpha value is -2.33. The second-order valence-corrected chi connectivity index (χ2v) is 6.35. The summed E-state index contributed by atoms with van der Waals surface area (Å²) in [5.74, 6) is 0.854. The predicted octanol–water partition coefficient (Wildman–Crippen LogP) is -0.169. The van der Waals surface area contributed by atoms with Gasteiger partial charge in [0.1, 0.15) is 6.04 Å². The summed E-state index contributed by atoms with van der Waals surface area (Å²) in [5.41, 5.74) is 5.89. The molecule has 0 aromatic carbocycles. The van der Waals surface area contributed by atoms with Gasteiger partial charge in [0, 0.05) is 19.6 Å². The van der Waals surface area contributed by atoms with E-state index in [9.17, 15) is 9.59 Å². The van der Waals surface area contributed by atoms with Crippen molar-refractivity contribution < 1.29 is 14.0 Å². The molecule has 0 unspecified atom stereocenters. The summed E-state index contributed by atoms with van der Waals surface area (Å²) in [5, 5.41) is 9.82. The highest BCUT2D eigenvalue weighted by atomic mass is 32.2. The molecule has 3 heterocycles. The largest absolute Gasteiger partial charge is 0.461 e. The number of likely N-dealkylation sites (N-methyl/N-ethyl adjacent to an activating group) is 1. The molecule has 0 aliphatic carbocycles. The highest BCUT2D eigenvalue weighted by molar-refractivity contribution is 7.99.